The van der Waals surface area contributed by atoms with E-state index >= 15 is 0 Å². The summed E-state index contributed by atoms with van der Waals surface area (Å²) in [4.78, 5) is 25.4. The van der Waals surface area contributed by atoms with Crippen LogP contribution in [0.3, 0.4) is 0 Å². The van der Waals surface area contributed by atoms with Crippen LogP contribution < -0.4 is 5.32 Å². The molecule has 2 fully saturated rings. The predicted molar refractivity (Wildman–Crippen MR) is 68.3 cm³/mol. The number of methoxy groups -OCH3 is 1. The van der Waals surface area contributed by atoms with Crippen LogP contribution in [-0.2, 0) is 14.3 Å². The van der Waals surface area contributed by atoms with Gasteiger partial charge in [-0.15, -0.1) is 0 Å². The van der Waals surface area contributed by atoms with Crippen molar-refractivity contribution in [2.75, 3.05) is 33.4 Å². The number of rotatable bonds is 7. The van der Waals surface area contributed by atoms with E-state index < -0.39 is 6.10 Å². The molecule has 2 aliphatic rings. The number of β-amino-alcohol motifs (C(OH)–C–C–N with tert-alkyl or cyclic N) is 1. The zero-order valence-corrected chi connectivity index (χ0v) is 11.3. The molecule has 3 unspecified atom stereocenters. The zero-order chi connectivity index (χ0) is 13.8. The lowest BCUT2D eigenvalue weighted by atomic mass is 10.00. The Kier molecular flexibility index (Phi) is 4.90. The number of nitrogens with zero attached hydrogens (tertiary/aromatic N) is 1. The summed E-state index contributed by atoms with van der Waals surface area (Å²) in [5, 5.41) is 12.9. The van der Waals surface area contributed by atoms with Gasteiger partial charge in [-0.2, -0.15) is 0 Å². The van der Waals surface area contributed by atoms with Crippen molar-refractivity contribution < 1.29 is 19.4 Å². The number of fused-ring (bicyclic) bond motifs is 1. The van der Waals surface area contributed by atoms with Gasteiger partial charge in [0.1, 0.15) is 0 Å². The summed E-state index contributed by atoms with van der Waals surface area (Å²) in [7, 11) is 1.61. The molecule has 1 aliphatic heterocycles. The SMILES string of the molecule is COCCNCC(O)CN1C(=O)C2CCCC2C1=O. The minimum Gasteiger partial charge on any atom is -0.390 e. The van der Waals surface area contributed by atoms with Crippen molar-refractivity contribution in [2.24, 2.45) is 11.8 Å². The minimum absolute atomic E-state index is 0.0940. The number of ether oxygens (including phenoxy) is 1. The van der Waals surface area contributed by atoms with Gasteiger partial charge in [-0.1, -0.05) is 6.42 Å². The lowest BCUT2D eigenvalue weighted by Crippen LogP contribution is -2.42. The fourth-order valence-electron chi connectivity index (χ4n) is 2.96. The highest BCUT2D eigenvalue weighted by Gasteiger charge is 2.49. The number of imide groups is 1. The van der Waals surface area contributed by atoms with Gasteiger partial charge in [0.25, 0.3) is 0 Å². The summed E-state index contributed by atoms with van der Waals surface area (Å²) in [6.45, 7) is 1.67. The highest BCUT2D eigenvalue weighted by molar-refractivity contribution is 6.05. The Bertz CT molecular complexity index is 326. The van der Waals surface area contributed by atoms with Gasteiger partial charge in [-0.05, 0) is 12.8 Å². The average molecular weight is 270 g/mol. The summed E-state index contributed by atoms with van der Waals surface area (Å²) in [6, 6.07) is 0. The van der Waals surface area contributed by atoms with Crippen LogP contribution in [-0.4, -0.2) is 61.3 Å². The molecular formula is C13H22N2O4. The normalized spacial score (nSPS) is 28.0. The summed E-state index contributed by atoms with van der Waals surface area (Å²) in [6.07, 6.45) is 1.87. The van der Waals surface area contributed by atoms with Crippen molar-refractivity contribution in [3.63, 3.8) is 0 Å². The van der Waals surface area contributed by atoms with Gasteiger partial charge >= 0.3 is 0 Å². The third kappa shape index (κ3) is 3.13. The molecule has 0 aromatic rings. The van der Waals surface area contributed by atoms with E-state index in [1.54, 1.807) is 7.11 Å². The van der Waals surface area contributed by atoms with Crippen LogP contribution in [0.4, 0.5) is 0 Å². The largest absolute Gasteiger partial charge is 0.390 e. The Labute approximate surface area is 113 Å². The predicted octanol–water partition coefficient (Wildman–Crippen LogP) is -0.632. The lowest BCUT2D eigenvalue weighted by molar-refractivity contribution is -0.141. The molecule has 0 radical (unpaired) electrons. The first kappa shape index (κ1) is 14.4. The van der Waals surface area contributed by atoms with Crippen molar-refractivity contribution in [3.8, 4) is 0 Å². The molecule has 1 saturated carbocycles. The lowest BCUT2D eigenvalue weighted by Gasteiger charge is -2.20. The van der Waals surface area contributed by atoms with Crippen molar-refractivity contribution in [1.82, 2.24) is 10.2 Å². The Morgan fingerprint density at radius 3 is 2.58 bits per heavy atom. The topological polar surface area (TPSA) is 78.9 Å². The fourth-order valence-corrected chi connectivity index (χ4v) is 2.96. The number of nitrogens with one attached hydrogen (secondary N) is 1. The Morgan fingerprint density at radius 2 is 2.00 bits per heavy atom. The smallest absolute Gasteiger partial charge is 0.233 e. The third-order valence-electron chi connectivity index (χ3n) is 3.94. The molecule has 0 aromatic heterocycles. The van der Waals surface area contributed by atoms with Gasteiger partial charge in [0.15, 0.2) is 0 Å². The number of aliphatic hydroxyl groups excluding tert-OH is 1. The summed E-state index contributed by atoms with van der Waals surface area (Å²) in [5.41, 5.74) is 0. The summed E-state index contributed by atoms with van der Waals surface area (Å²) >= 11 is 0. The van der Waals surface area contributed by atoms with E-state index in [0.717, 1.165) is 19.3 Å². The maximum atomic E-state index is 12.1. The molecule has 3 atom stereocenters. The molecule has 6 nitrogen and oxygen atoms in total. The Balaban J connectivity index is 1.79. The number of carbonyl (C=O) groups excluding carboxylic acids is 2. The van der Waals surface area contributed by atoms with Gasteiger partial charge in [0.2, 0.25) is 11.8 Å². The fraction of sp³-hybridized carbons (Fsp3) is 0.846. The van der Waals surface area contributed by atoms with E-state index in [0.29, 0.717) is 19.7 Å². The first-order chi connectivity index (χ1) is 9.15. The molecular weight excluding hydrogens is 248 g/mol. The molecule has 1 heterocycles. The molecule has 0 bridgehead atoms. The van der Waals surface area contributed by atoms with Crippen LogP contribution >= 0.6 is 0 Å². The number of aliphatic hydroxyl groups is 1. The van der Waals surface area contributed by atoms with Crippen LogP contribution in [0.5, 0.6) is 0 Å². The number of carbonyl (C=O) groups is 2. The standard InChI is InChI=1S/C13H22N2O4/c1-19-6-5-14-7-9(16)8-15-12(17)10-3-2-4-11(10)13(15)18/h9-11,14,16H,2-8H2,1H3. The maximum Gasteiger partial charge on any atom is 0.233 e. The summed E-state index contributed by atoms with van der Waals surface area (Å²) < 4.78 is 4.88. The zero-order valence-electron chi connectivity index (χ0n) is 11.3. The van der Waals surface area contributed by atoms with E-state index in [-0.39, 0.29) is 30.2 Å². The molecule has 108 valence electrons. The van der Waals surface area contributed by atoms with Gasteiger partial charge in [0, 0.05) is 20.2 Å². The number of likely N-dealkylation sites (tertiary alicyclic amines) is 1. The molecule has 6 heteroatoms. The highest BCUT2D eigenvalue weighted by atomic mass is 16.5. The second kappa shape index (κ2) is 6.45. The van der Waals surface area contributed by atoms with Gasteiger partial charge in [0.05, 0.1) is 31.1 Å². The highest BCUT2D eigenvalue weighted by Crippen LogP contribution is 2.39. The molecule has 2 amide bonds. The molecule has 2 N–H and O–H groups in total. The second-order valence-electron chi connectivity index (χ2n) is 5.28. The van der Waals surface area contributed by atoms with Crippen molar-refractivity contribution in [3.05, 3.63) is 0 Å². The monoisotopic (exact) mass is 270 g/mol. The van der Waals surface area contributed by atoms with Gasteiger partial charge in [-0.25, -0.2) is 0 Å². The number of amides is 2. The van der Waals surface area contributed by atoms with Gasteiger partial charge in [-0.3, -0.25) is 14.5 Å². The first-order valence-corrected chi connectivity index (χ1v) is 6.88. The average Bonchev–Trinajstić information content (AvgIpc) is 2.95. The van der Waals surface area contributed by atoms with Crippen LogP contribution in [0.15, 0.2) is 0 Å². The maximum absolute atomic E-state index is 12.1. The van der Waals surface area contributed by atoms with Crippen LogP contribution in [0.25, 0.3) is 0 Å². The molecule has 0 spiro atoms. The van der Waals surface area contributed by atoms with Crippen molar-refractivity contribution >= 4 is 11.8 Å². The Hall–Kier alpha value is -0.980. The van der Waals surface area contributed by atoms with Crippen molar-refractivity contribution in [2.45, 2.75) is 25.4 Å². The Morgan fingerprint density at radius 1 is 1.37 bits per heavy atom. The molecule has 0 aromatic carbocycles. The molecule has 2 rings (SSSR count). The molecule has 1 aliphatic carbocycles. The molecule has 1 saturated heterocycles. The number of hydrogen-bond acceptors (Lipinski definition) is 5. The summed E-state index contributed by atoms with van der Waals surface area (Å²) in [5.74, 6) is -0.436. The van der Waals surface area contributed by atoms with Crippen LogP contribution in [0.2, 0.25) is 0 Å². The van der Waals surface area contributed by atoms with Crippen molar-refractivity contribution in [1.29, 1.82) is 0 Å². The second-order valence-corrected chi connectivity index (χ2v) is 5.28. The first-order valence-electron chi connectivity index (χ1n) is 6.88. The van der Waals surface area contributed by atoms with E-state index in [2.05, 4.69) is 5.32 Å². The van der Waals surface area contributed by atoms with E-state index in [1.165, 1.54) is 4.90 Å². The third-order valence-corrected chi connectivity index (χ3v) is 3.94. The van der Waals surface area contributed by atoms with E-state index in [4.69, 9.17) is 4.74 Å². The van der Waals surface area contributed by atoms with E-state index in [1.807, 2.05) is 0 Å². The van der Waals surface area contributed by atoms with Crippen LogP contribution in [0, 0.1) is 11.8 Å². The molecule has 19 heavy (non-hydrogen) atoms. The van der Waals surface area contributed by atoms with E-state index in [9.17, 15) is 14.7 Å². The quantitative estimate of drug-likeness (QED) is 0.475. The van der Waals surface area contributed by atoms with Gasteiger partial charge < -0.3 is 15.2 Å². The van der Waals surface area contributed by atoms with Crippen LogP contribution in [0.1, 0.15) is 19.3 Å². The number of hydrogen-bond donors (Lipinski definition) is 2. The minimum atomic E-state index is -0.719.